The molecular formula is C16H25N3O2. The maximum atomic E-state index is 10.6. The van der Waals surface area contributed by atoms with Gasteiger partial charge in [0.1, 0.15) is 0 Å². The van der Waals surface area contributed by atoms with Gasteiger partial charge in [0.25, 0.3) is 5.69 Å². The highest BCUT2D eigenvalue weighted by Gasteiger charge is 2.28. The molecule has 0 spiro atoms. The molecule has 1 aliphatic heterocycles. The first kappa shape index (κ1) is 15.9. The minimum atomic E-state index is -0.358. The summed E-state index contributed by atoms with van der Waals surface area (Å²) in [5.41, 5.74) is 1.70. The van der Waals surface area contributed by atoms with Crippen LogP contribution in [0.1, 0.15) is 25.3 Å². The lowest BCUT2D eigenvalue weighted by molar-refractivity contribution is -0.384. The van der Waals surface area contributed by atoms with E-state index in [9.17, 15) is 10.1 Å². The maximum absolute atomic E-state index is 10.6. The molecule has 1 aromatic carbocycles. The van der Waals surface area contributed by atoms with E-state index in [1.165, 1.54) is 25.9 Å². The second kappa shape index (κ2) is 7.00. The first-order valence-electron chi connectivity index (χ1n) is 7.61. The van der Waals surface area contributed by atoms with Crippen LogP contribution in [-0.2, 0) is 6.42 Å². The van der Waals surface area contributed by atoms with Crippen LogP contribution in [-0.4, -0.2) is 43.0 Å². The lowest BCUT2D eigenvalue weighted by Gasteiger charge is -2.38. The van der Waals surface area contributed by atoms with E-state index in [2.05, 4.69) is 24.2 Å². The zero-order valence-electron chi connectivity index (χ0n) is 13.0. The number of nitro benzene ring substituents is 1. The molecule has 0 amide bonds. The van der Waals surface area contributed by atoms with Crippen molar-refractivity contribution in [3.05, 3.63) is 39.9 Å². The van der Waals surface area contributed by atoms with Crippen molar-refractivity contribution in [2.75, 3.05) is 33.2 Å². The fourth-order valence-corrected chi connectivity index (χ4v) is 2.74. The monoisotopic (exact) mass is 291 g/mol. The molecule has 0 aromatic heterocycles. The van der Waals surface area contributed by atoms with E-state index in [4.69, 9.17) is 0 Å². The Morgan fingerprint density at radius 3 is 2.48 bits per heavy atom. The summed E-state index contributed by atoms with van der Waals surface area (Å²) in [6, 6.07) is 6.84. The van der Waals surface area contributed by atoms with Crippen molar-refractivity contribution >= 4 is 5.69 Å². The summed E-state index contributed by atoms with van der Waals surface area (Å²) in [6.07, 6.45) is 3.40. The Morgan fingerprint density at radius 1 is 1.29 bits per heavy atom. The Morgan fingerprint density at radius 2 is 1.90 bits per heavy atom. The third kappa shape index (κ3) is 4.79. The van der Waals surface area contributed by atoms with Crippen LogP contribution in [0, 0.1) is 15.5 Å². The van der Waals surface area contributed by atoms with Crippen LogP contribution in [0.15, 0.2) is 24.3 Å². The number of non-ortho nitro benzene ring substituents is 1. The van der Waals surface area contributed by atoms with Gasteiger partial charge in [-0.05, 0) is 56.9 Å². The van der Waals surface area contributed by atoms with Crippen molar-refractivity contribution in [1.82, 2.24) is 10.2 Å². The highest BCUT2D eigenvalue weighted by atomic mass is 16.6. The molecule has 0 atom stereocenters. The van der Waals surface area contributed by atoms with Gasteiger partial charge in [-0.1, -0.05) is 19.1 Å². The molecule has 1 N–H and O–H groups in total. The number of hydrogen-bond donors (Lipinski definition) is 1. The van der Waals surface area contributed by atoms with E-state index in [1.807, 2.05) is 12.1 Å². The minimum absolute atomic E-state index is 0.158. The Kier molecular flexibility index (Phi) is 5.31. The van der Waals surface area contributed by atoms with Crippen LogP contribution in [0.3, 0.4) is 0 Å². The van der Waals surface area contributed by atoms with Gasteiger partial charge in [0.2, 0.25) is 0 Å². The molecule has 5 heteroatoms. The molecule has 0 unspecified atom stereocenters. The van der Waals surface area contributed by atoms with E-state index in [0.29, 0.717) is 5.41 Å². The van der Waals surface area contributed by atoms with Gasteiger partial charge in [-0.3, -0.25) is 10.1 Å². The van der Waals surface area contributed by atoms with Gasteiger partial charge in [-0.25, -0.2) is 0 Å². The normalized spacial score (nSPS) is 18.6. The number of nitrogens with zero attached hydrogens (tertiary/aromatic N) is 2. The summed E-state index contributed by atoms with van der Waals surface area (Å²) in [4.78, 5) is 12.6. The van der Waals surface area contributed by atoms with Crippen molar-refractivity contribution in [2.45, 2.75) is 26.2 Å². The predicted molar refractivity (Wildman–Crippen MR) is 84.5 cm³/mol. The zero-order valence-corrected chi connectivity index (χ0v) is 13.0. The summed E-state index contributed by atoms with van der Waals surface area (Å²) in [7, 11) is 2.18. The van der Waals surface area contributed by atoms with Gasteiger partial charge in [-0.15, -0.1) is 0 Å². The number of likely N-dealkylation sites (tertiary alicyclic amines) is 1. The van der Waals surface area contributed by atoms with Crippen LogP contribution in [0.4, 0.5) is 5.69 Å². The summed E-state index contributed by atoms with van der Waals surface area (Å²) in [6.45, 7) is 6.69. The molecule has 2 rings (SSSR count). The predicted octanol–water partition coefficient (Wildman–Crippen LogP) is 2.46. The molecule has 0 radical (unpaired) electrons. The van der Waals surface area contributed by atoms with Crippen molar-refractivity contribution in [1.29, 1.82) is 0 Å². The summed E-state index contributed by atoms with van der Waals surface area (Å²) in [5.74, 6) is 0. The van der Waals surface area contributed by atoms with Crippen LogP contribution in [0.5, 0.6) is 0 Å². The Hall–Kier alpha value is -1.46. The Balaban J connectivity index is 1.71. The molecule has 116 valence electrons. The van der Waals surface area contributed by atoms with E-state index in [1.54, 1.807) is 12.1 Å². The van der Waals surface area contributed by atoms with E-state index in [0.717, 1.165) is 25.1 Å². The SMILES string of the molecule is CN1CCC(C)(CNCCc2ccc([N+](=O)[O-])cc2)CC1. The van der Waals surface area contributed by atoms with Crippen molar-refractivity contribution < 1.29 is 4.92 Å². The number of nitrogens with one attached hydrogen (secondary N) is 1. The highest BCUT2D eigenvalue weighted by Crippen LogP contribution is 2.29. The third-order valence-electron chi connectivity index (χ3n) is 4.48. The highest BCUT2D eigenvalue weighted by molar-refractivity contribution is 5.32. The average molecular weight is 291 g/mol. The molecule has 0 aliphatic carbocycles. The summed E-state index contributed by atoms with van der Waals surface area (Å²) >= 11 is 0. The second-order valence-electron chi connectivity index (χ2n) is 6.46. The van der Waals surface area contributed by atoms with Gasteiger partial charge < -0.3 is 10.2 Å². The third-order valence-corrected chi connectivity index (χ3v) is 4.48. The Bertz CT molecular complexity index is 465. The first-order chi connectivity index (χ1) is 9.98. The van der Waals surface area contributed by atoms with Crippen molar-refractivity contribution in [3.8, 4) is 0 Å². The number of hydrogen-bond acceptors (Lipinski definition) is 4. The lowest BCUT2D eigenvalue weighted by Crippen LogP contribution is -2.42. The molecule has 1 saturated heterocycles. The van der Waals surface area contributed by atoms with Gasteiger partial charge >= 0.3 is 0 Å². The average Bonchev–Trinajstić information content (AvgIpc) is 2.48. The number of piperidine rings is 1. The number of nitro groups is 1. The topological polar surface area (TPSA) is 58.4 Å². The van der Waals surface area contributed by atoms with Crippen LogP contribution in [0.2, 0.25) is 0 Å². The molecule has 1 aliphatic rings. The fourth-order valence-electron chi connectivity index (χ4n) is 2.74. The van der Waals surface area contributed by atoms with E-state index >= 15 is 0 Å². The largest absolute Gasteiger partial charge is 0.316 e. The van der Waals surface area contributed by atoms with E-state index < -0.39 is 0 Å². The quantitative estimate of drug-likeness (QED) is 0.497. The van der Waals surface area contributed by atoms with Gasteiger partial charge in [0, 0.05) is 18.7 Å². The van der Waals surface area contributed by atoms with E-state index in [-0.39, 0.29) is 10.6 Å². The zero-order chi connectivity index (χ0) is 15.3. The molecule has 21 heavy (non-hydrogen) atoms. The Labute approximate surface area is 126 Å². The molecular weight excluding hydrogens is 266 g/mol. The number of benzene rings is 1. The summed E-state index contributed by atoms with van der Waals surface area (Å²) in [5, 5.41) is 14.1. The van der Waals surface area contributed by atoms with Crippen LogP contribution >= 0.6 is 0 Å². The number of rotatable bonds is 6. The van der Waals surface area contributed by atoms with Gasteiger partial charge in [0.15, 0.2) is 0 Å². The molecule has 5 nitrogen and oxygen atoms in total. The molecule has 0 saturated carbocycles. The van der Waals surface area contributed by atoms with Gasteiger partial charge in [0.05, 0.1) is 4.92 Å². The molecule has 1 aromatic rings. The maximum Gasteiger partial charge on any atom is 0.269 e. The van der Waals surface area contributed by atoms with Gasteiger partial charge in [-0.2, -0.15) is 0 Å². The molecule has 1 fully saturated rings. The minimum Gasteiger partial charge on any atom is -0.316 e. The first-order valence-corrected chi connectivity index (χ1v) is 7.61. The van der Waals surface area contributed by atoms with Crippen LogP contribution < -0.4 is 5.32 Å². The fraction of sp³-hybridized carbons (Fsp3) is 0.625. The lowest BCUT2D eigenvalue weighted by atomic mass is 9.80. The standard InChI is InChI=1S/C16H25N3O2/c1-16(8-11-18(2)12-9-16)13-17-10-7-14-3-5-15(6-4-14)19(20)21/h3-6,17H,7-13H2,1-2H3. The van der Waals surface area contributed by atoms with Crippen molar-refractivity contribution in [3.63, 3.8) is 0 Å². The molecule has 0 bridgehead atoms. The molecule has 1 heterocycles. The summed E-state index contributed by atoms with van der Waals surface area (Å²) < 4.78 is 0. The van der Waals surface area contributed by atoms with Crippen LogP contribution in [0.25, 0.3) is 0 Å². The smallest absolute Gasteiger partial charge is 0.269 e. The van der Waals surface area contributed by atoms with Crippen molar-refractivity contribution in [2.24, 2.45) is 5.41 Å². The second-order valence-corrected chi connectivity index (χ2v) is 6.46.